The van der Waals surface area contributed by atoms with Crippen molar-refractivity contribution in [2.45, 2.75) is 24.8 Å². The molecule has 6 rings (SSSR count). The highest BCUT2D eigenvalue weighted by Crippen LogP contribution is 2.42. The van der Waals surface area contributed by atoms with Crippen LogP contribution in [0, 0.1) is 11.7 Å². The molecule has 5 nitrogen and oxygen atoms in total. The summed E-state index contributed by atoms with van der Waals surface area (Å²) in [5, 5.41) is 9.74. The molecule has 3 aliphatic rings. The average Bonchev–Trinajstić information content (AvgIpc) is 3.43. The third-order valence-electron chi connectivity index (χ3n) is 6.56. The lowest BCUT2D eigenvalue weighted by Gasteiger charge is -2.49. The smallest absolute Gasteiger partial charge is 0.261 e. The van der Waals surface area contributed by atoms with Crippen molar-refractivity contribution in [3.63, 3.8) is 0 Å². The van der Waals surface area contributed by atoms with E-state index in [-0.39, 0.29) is 11.7 Å². The van der Waals surface area contributed by atoms with Crippen LogP contribution in [0.3, 0.4) is 0 Å². The van der Waals surface area contributed by atoms with Crippen molar-refractivity contribution in [2.24, 2.45) is 13.0 Å². The number of thiophene rings is 1. The SMILES string of the molecule is Cn1nc(-c2ccc(F)cc2)cc1C1CN2CCC1CC2CNC(=O)c1cccs1. The van der Waals surface area contributed by atoms with E-state index in [1.807, 2.05) is 29.2 Å². The average molecular weight is 425 g/mol. The summed E-state index contributed by atoms with van der Waals surface area (Å²) < 4.78 is 15.2. The molecule has 1 amide bonds. The third-order valence-corrected chi connectivity index (χ3v) is 7.43. The standard InChI is InChI=1S/C23H25FN4OS/c1-27-21(12-20(26-27)15-4-6-17(24)7-5-15)19-14-28-9-8-16(19)11-18(28)13-25-23(29)22-3-2-10-30-22/h2-7,10,12,16,18-19H,8-9,11,13-14H2,1H3,(H,25,29). The van der Waals surface area contributed by atoms with Gasteiger partial charge in [0.15, 0.2) is 0 Å². The van der Waals surface area contributed by atoms with Gasteiger partial charge < -0.3 is 5.32 Å². The van der Waals surface area contributed by atoms with Crippen molar-refractivity contribution < 1.29 is 9.18 Å². The number of piperidine rings is 3. The number of halogens is 1. The number of hydrogen-bond acceptors (Lipinski definition) is 4. The maximum atomic E-state index is 13.3. The number of fused-ring (bicyclic) bond motifs is 3. The first-order valence-corrected chi connectivity index (χ1v) is 11.3. The molecule has 3 aliphatic heterocycles. The van der Waals surface area contributed by atoms with E-state index < -0.39 is 0 Å². The first-order chi connectivity index (χ1) is 14.6. The molecule has 1 aromatic carbocycles. The van der Waals surface area contributed by atoms with Crippen LogP contribution in [0.5, 0.6) is 0 Å². The number of carbonyl (C=O) groups excluding carboxylic acids is 1. The Morgan fingerprint density at radius 1 is 1.30 bits per heavy atom. The number of benzene rings is 1. The second-order valence-electron chi connectivity index (χ2n) is 8.31. The van der Waals surface area contributed by atoms with Crippen LogP contribution in [0.4, 0.5) is 4.39 Å². The lowest BCUT2D eigenvalue weighted by atomic mass is 9.74. The van der Waals surface area contributed by atoms with Crippen LogP contribution in [-0.4, -0.2) is 46.3 Å². The lowest BCUT2D eigenvalue weighted by molar-refractivity contribution is 0.0280. The second kappa shape index (κ2) is 7.96. The Labute approximate surface area is 179 Å². The summed E-state index contributed by atoms with van der Waals surface area (Å²) in [6.45, 7) is 2.78. The molecule has 3 aromatic rings. The Balaban J connectivity index is 1.27. The number of nitrogens with one attached hydrogen (secondary N) is 1. The zero-order chi connectivity index (χ0) is 20.7. The van der Waals surface area contributed by atoms with E-state index in [4.69, 9.17) is 5.10 Å². The Hall–Kier alpha value is -2.51. The van der Waals surface area contributed by atoms with E-state index in [1.165, 1.54) is 35.6 Å². The van der Waals surface area contributed by atoms with Gasteiger partial charge in [-0.3, -0.25) is 14.4 Å². The normalized spacial score (nSPS) is 25.4. The van der Waals surface area contributed by atoms with Gasteiger partial charge in [0.25, 0.3) is 5.91 Å². The largest absolute Gasteiger partial charge is 0.350 e. The number of amides is 1. The molecule has 4 atom stereocenters. The van der Waals surface area contributed by atoms with Crippen molar-refractivity contribution in [2.75, 3.05) is 19.6 Å². The summed E-state index contributed by atoms with van der Waals surface area (Å²) in [7, 11) is 2.00. The molecule has 3 fully saturated rings. The van der Waals surface area contributed by atoms with Crippen LogP contribution in [0.25, 0.3) is 11.3 Å². The van der Waals surface area contributed by atoms with Gasteiger partial charge in [0, 0.05) is 43.4 Å². The summed E-state index contributed by atoms with van der Waals surface area (Å²) in [4.78, 5) is 15.6. The molecule has 30 heavy (non-hydrogen) atoms. The van der Waals surface area contributed by atoms with E-state index in [2.05, 4.69) is 16.3 Å². The van der Waals surface area contributed by atoms with Crippen LogP contribution in [0.2, 0.25) is 0 Å². The molecule has 156 valence electrons. The highest BCUT2D eigenvalue weighted by atomic mass is 32.1. The minimum absolute atomic E-state index is 0.0276. The fourth-order valence-electron chi connectivity index (χ4n) is 4.98. The first-order valence-electron chi connectivity index (χ1n) is 10.4. The summed E-state index contributed by atoms with van der Waals surface area (Å²) in [6.07, 6.45) is 2.27. The van der Waals surface area contributed by atoms with Crippen LogP contribution >= 0.6 is 11.3 Å². The Morgan fingerprint density at radius 3 is 2.83 bits per heavy atom. The molecule has 3 saturated heterocycles. The Kier molecular flexibility index (Phi) is 5.16. The van der Waals surface area contributed by atoms with Gasteiger partial charge in [0.05, 0.1) is 10.6 Å². The van der Waals surface area contributed by atoms with Gasteiger partial charge in [-0.05, 0) is 67.1 Å². The number of aromatic nitrogens is 2. The summed E-state index contributed by atoms with van der Waals surface area (Å²) in [5.41, 5.74) is 3.07. The van der Waals surface area contributed by atoms with Crippen LogP contribution < -0.4 is 5.32 Å². The van der Waals surface area contributed by atoms with Gasteiger partial charge >= 0.3 is 0 Å². The molecule has 0 radical (unpaired) electrons. The molecule has 1 N–H and O–H groups in total. The fourth-order valence-corrected chi connectivity index (χ4v) is 5.62. The highest BCUT2D eigenvalue weighted by Gasteiger charge is 2.41. The van der Waals surface area contributed by atoms with E-state index in [9.17, 15) is 9.18 Å². The zero-order valence-electron chi connectivity index (χ0n) is 16.9. The Bertz CT molecular complexity index is 1030. The predicted octanol–water partition coefficient (Wildman–Crippen LogP) is 3.90. The van der Waals surface area contributed by atoms with E-state index in [1.54, 1.807) is 12.1 Å². The van der Waals surface area contributed by atoms with Crippen LogP contribution in [0.15, 0.2) is 47.8 Å². The molecular formula is C23H25FN4OS. The molecule has 5 heterocycles. The van der Waals surface area contributed by atoms with Gasteiger partial charge in [0.2, 0.25) is 0 Å². The zero-order valence-corrected chi connectivity index (χ0v) is 17.7. The van der Waals surface area contributed by atoms with Crippen LogP contribution in [-0.2, 0) is 7.05 Å². The van der Waals surface area contributed by atoms with Gasteiger partial charge in [-0.15, -0.1) is 11.3 Å². The minimum atomic E-state index is -0.232. The van der Waals surface area contributed by atoms with Crippen LogP contribution in [0.1, 0.15) is 34.1 Å². The van der Waals surface area contributed by atoms with Gasteiger partial charge in [-0.2, -0.15) is 5.10 Å². The fraction of sp³-hybridized carbons (Fsp3) is 0.391. The predicted molar refractivity (Wildman–Crippen MR) is 116 cm³/mol. The van der Waals surface area contributed by atoms with Gasteiger partial charge in [0.1, 0.15) is 5.82 Å². The summed E-state index contributed by atoms with van der Waals surface area (Å²) in [6, 6.07) is 12.9. The molecule has 4 unspecified atom stereocenters. The van der Waals surface area contributed by atoms with E-state index >= 15 is 0 Å². The van der Waals surface area contributed by atoms with Crippen molar-refractivity contribution >= 4 is 17.2 Å². The minimum Gasteiger partial charge on any atom is -0.350 e. The number of nitrogens with zero attached hydrogens (tertiary/aromatic N) is 3. The summed E-state index contributed by atoms with van der Waals surface area (Å²) in [5.74, 6) is 0.828. The molecule has 7 heteroatoms. The molecule has 0 saturated carbocycles. The second-order valence-corrected chi connectivity index (χ2v) is 9.26. The molecule has 0 spiro atoms. The number of carbonyl (C=O) groups is 1. The molecule has 2 aromatic heterocycles. The van der Waals surface area contributed by atoms with Gasteiger partial charge in [-0.25, -0.2) is 4.39 Å². The highest BCUT2D eigenvalue weighted by molar-refractivity contribution is 7.12. The maximum Gasteiger partial charge on any atom is 0.261 e. The number of aryl methyl sites for hydroxylation is 1. The third kappa shape index (κ3) is 3.68. The quantitative estimate of drug-likeness (QED) is 0.676. The number of hydrogen-bond donors (Lipinski definition) is 1. The van der Waals surface area contributed by atoms with Crippen molar-refractivity contribution in [3.8, 4) is 11.3 Å². The monoisotopic (exact) mass is 424 g/mol. The number of rotatable bonds is 5. The molecular weight excluding hydrogens is 399 g/mol. The van der Waals surface area contributed by atoms with E-state index in [0.717, 1.165) is 35.6 Å². The van der Waals surface area contributed by atoms with Gasteiger partial charge in [-0.1, -0.05) is 6.07 Å². The molecule has 0 aliphatic carbocycles. The van der Waals surface area contributed by atoms with Crippen molar-refractivity contribution in [3.05, 3.63) is 64.2 Å². The van der Waals surface area contributed by atoms with Crippen molar-refractivity contribution in [1.82, 2.24) is 20.0 Å². The first kappa shape index (κ1) is 19.5. The topological polar surface area (TPSA) is 50.2 Å². The Morgan fingerprint density at radius 2 is 2.13 bits per heavy atom. The molecule has 2 bridgehead atoms. The van der Waals surface area contributed by atoms with E-state index in [0.29, 0.717) is 24.4 Å². The summed E-state index contributed by atoms with van der Waals surface area (Å²) >= 11 is 1.48. The van der Waals surface area contributed by atoms with Crippen molar-refractivity contribution in [1.29, 1.82) is 0 Å². The maximum absolute atomic E-state index is 13.3. The lowest BCUT2D eigenvalue weighted by Crippen LogP contribution is -2.56.